The van der Waals surface area contributed by atoms with Gasteiger partial charge in [0.25, 0.3) is 0 Å². The van der Waals surface area contributed by atoms with Gasteiger partial charge in [0, 0.05) is 24.7 Å². The van der Waals surface area contributed by atoms with Gasteiger partial charge in [-0.15, -0.1) is 0 Å². The van der Waals surface area contributed by atoms with Crippen LogP contribution in [-0.2, 0) is 6.54 Å². The number of nitrogens with zero attached hydrogens (tertiary/aromatic N) is 1. The lowest BCUT2D eigenvalue weighted by molar-refractivity contribution is 0.191. The number of ether oxygens (including phenoxy) is 1. The highest BCUT2D eigenvalue weighted by Crippen LogP contribution is 2.25. The van der Waals surface area contributed by atoms with Gasteiger partial charge >= 0.3 is 0 Å². The summed E-state index contributed by atoms with van der Waals surface area (Å²) in [6.07, 6.45) is 1.21. The summed E-state index contributed by atoms with van der Waals surface area (Å²) in [6.45, 7) is 13.4. The van der Waals surface area contributed by atoms with Crippen LogP contribution in [0, 0.1) is 12.3 Å². The summed E-state index contributed by atoms with van der Waals surface area (Å²) in [5.74, 6) is 1.00. The van der Waals surface area contributed by atoms with Gasteiger partial charge in [-0.1, -0.05) is 38.5 Å². The van der Waals surface area contributed by atoms with Crippen molar-refractivity contribution in [2.45, 2.75) is 46.7 Å². The summed E-state index contributed by atoms with van der Waals surface area (Å²) in [5.41, 5.74) is 2.89. The van der Waals surface area contributed by atoms with E-state index in [-0.39, 0.29) is 0 Å². The Labute approximate surface area is 129 Å². The predicted octanol–water partition coefficient (Wildman–Crippen LogP) is 3.21. The molecule has 1 aromatic carbocycles. The van der Waals surface area contributed by atoms with Crippen molar-refractivity contribution < 1.29 is 4.74 Å². The lowest BCUT2D eigenvalue weighted by Crippen LogP contribution is -2.46. The Morgan fingerprint density at radius 1 is 1.33 bits per heavy atom. The third-order valence-electron chi connectivity index (χ3n) is 4.36. The molecule has 1 aromatic rings. The van der Waals surface area contributed by atoms with E-state index in [0.717, 1.165) is 31.9 Å². The van der Waals surface area contributed by atoms with Gasteiger partial charge in [-0.3, -0.25) is 4.90 Å². The Kier molecular flexibility index (Phi) is 5.28. The van der Waals surface area contributed by atoms with Crippen molar-refractivity contribution in [2.24, 2.45) is 5.41 Å². The van der Waals surface area contributed by atoms with Crippen LogP contribution in [0.15, 0.2) is 18.2 Å². The fraction of sp³-hybridized carbons (Fsp3) is 0.667. The van der Waals surface area contributed by atoms with E-state index in [9.17, 15) is 0 Å². The minimum Gasteiger partial charge on any atom is -0.496 e. The topological polar surface area (TPSA) is 24.5 Å². The van der Waals surface area contributed by atoms with E-state index < -0.39 is 0 Å². The van der Waals surface area contributed by atoms with Crippen LogP contribution < -0.4 is 10.1 Å². The number of nitrogens with one attached hydrogen (secondary N) is 1. The molecule has 3 nitrogen and oxygen atoms in total. The third-order valence-corrected chi connectivity index (χ3v) is 4.36. The first kappa shape index (κ1) is 16.3. The average Bonchev–Trinajstić information content (AvgIpc) is 2.64. The normalized spacial score (nSPS) is 21.1. The highest BCUT2D eigenvalue weighted by atomic mass is 16.5. The summed E-state index contributed by atoms with van der Waals surface area (Å²) >= 11 is 0. The second-order valence-corrected chi connectivity index (χ2v) is 7.28. The number of hydrogen-bond acceptors (Lipinski definition) is 3. The zero-order valence-electron chi connectivity index (χ0n) is 14.2. The third kappa shape index (κ3) is 4.45. The molecule has 3 heteroatoms. The molecule has 0 bridgehead atoms. The van der Waals surface area contributed by atoms with Crippen LogP contribution in [0.1, 0.15) is 38.3 Å². The summed E-state index contributed by atoms with van der Waals surface area (Å²) in [7, 11) is 1.76. The van der Waals surface area contributed by atoms with Crippen molar-refractivity contribution in [3.8, 4) is 5.75 Å². The number of aryl methyl sites for hydroxylation is 1. The summed E-state index contributed by atoms with van der Waals surface area (Å²) < 4.78 is 5.52. The lowest BCUT2D eigenvalue weighted by Gasteiger charge is -2.34. The standard InChI is InChI=1S/C18H30N2O/c1-14-7-8-16(21-5)15(11-14)12-20-10-6-9-19-17(13-20)18(2,3)4/h7-8,11,17,19H,6,9-10,12-13H2,1-5H3. The number of rotatable bonds is 3. The molecule has 1 atom stereocenters. The fourth-order valence-corrected chi connectivity index (χ4v) is 2.99. The lowest BCUT2D eigenvalue weighted by atomic mass is 9.86. The maximum Gasteiger partial charge on any atom is 0.123 e. The highest BCUT2D eigenvalue weighted by molar-refractivity contribution is 5.36. The van der Waals surface area contributed by atoms with Gasteiger partial charge in [0.05, 0.1) is 7.11 Å². The van der Waals surface area contributed by atoms with Crippen molar-refractivity contribution in [3.05, 3.63) is 29.3 Å². The van der Waals surface area contributed by atoms with Gasteiger partial charge < -0.3 is 10.1 Å². The molecule has 1 unspecified atom stereocenters. The Morgan fingerprint density at radius 3 is 2.76 bits per heavy atom. The first-order valence-electron chi connectivity index (χ1n) is 7.99. The summed E-state index contributed by atoms with van der Waals surface area (Å²) in [5, 5.41) is 3.70. The van der Waals surface area contributed by atoms with Crippen molar-refractivity contribution in [2.75, 3.05) is 26.7 Å². The van der Waals surface area contributed by atoms with Crippen molar-refractivity contribution in [1.82, 2.24) is 10.2 Å². The Bertz CT molecular complexity index is 465. The zero-order valence-corrected chi connectivity index (χ0v) is 14.2. The predicted molar refractivity (Wildman–Crippen MR) is 88.9 cm³/mol. The van der Waals surface area contributed by atoms with Crippen LogP contribution in [0.25, 0.3) is 0 Å². The van der Waals surface area contributed by atoms with E-state index in [4.69, 9.17) is 4.74 Å². The van der Waals surface area contributed by atoms with Gasteiger partial charge in [0.15, 0.2) is 0 Å². The number of benzene rings is 1. The first-order chi connectivity index (χ1) is 9.90. The van der Waals surface area contributed by atoms with Crippen LogP contribution >= 0.6 is 0 Å². The van der Waals surface area contributed by atoms with Crippen molar-refractivity contribution >= 4 is 0 Å². The van der Waals surface area contributed by atoms with Crippen LogP contribution in [0.3, 0.4) is 0 Å². The zero-order chi connectivity index (χ0) is 15.5. The van der Waals surface area contributed by atoms with Gasteiger partial charge in [-0.05, 0) is 37.9 Å². The molecule has 1 fully saturated rings. The molecular weight excluding hydrogens is 260 g/mol. The van der Waals surface area contributed by atoms with E-state index >= 15 is 0 Å². The van der Waals surface area contributed by atoms with Crippen LogP contribution in [-0.4, -0.2) is 37.7 Å². The highest BCUT2D eigenvalue weighted by Gasteiger charge is 2.28. The average molecular weight is 290 g/mol. The molecule has 0 aliphatic carbocycles. The molecule has 1 aliphatic heterocycles. The maximum atomic E-state index is 5.52. The van der Waals surface area contributed by atoms with E-state index in [1.807, 2.05) is 0 Å². The van der Waals surface area contributed by atoms with E-state index in [2.05, 4.69) is 56.1 Å². The van der Waals surface area contributed by atoms with Crippen LogP contribution in [0.2, 0.25) is 0 Å². The second-order valence-electron chi connectivity index (χ2n) is 7.28. The number of hydrogen-bond donors (Lipinski definition) is 1. The van der Waals surface area contributed by atoms with Gasteiger partial charge in [-0.2, -0.15) is 0 Å². The van der Waals surface area contributed by atoms with Gasteiger partial charge in [0.1, 0.15) is 5.75 Å². The largest absolute Gasteiger partial charge is 0.496 e. The smallest absolute Gasteiger partial charge is 0.123 e. The van der Waals surface area contributed by atoms with E-state index in [1.54, 1.807) is 7.11 Å². The molecule has 0 aromatic heterocycles. The quantitative estimate of drug-likeness (QED) is 0.925. The Hall–Kier alpha value is -1.06. The second kappa shape index (κ2) is 6.80. The van der Waals surface area contributed by atoms with Crippen molar-refractivity contribution in [3.63, 3.8) is 0 Å². The minimum atomic E-state index is 0.291. The first-order valence-corrected chi connectivity index (χ1v) is 7.99. The van der Waals surface area contributed by atoms with Crippen LogP contribution in [0.5, 0.6) is 5.75 Å². The molecule has 0 amide bonds. The molecule has 1 heterocycles. The molecule has 1 aliphatic rings. The molecule has 1 N–H and O–H groups in total. The molecule has 1 saturated heterocycles. The molecule has 21 heavy (non-hydrogen) atoms. The molecular formula is C18H30N2O. The van der Waals surface area contributed by atoms with Crippen LogP contribution in [0.4, 0.5) is 0 Å². The van der Waals surface area contributed by atoms with E-state index in [0.29, 0.717) is 11.5 Å². The maximum absolute atomic E-state index is 5.52. The number of methoxy groups -OCH3 is 1. The molecule has 0 radical (unpaired) electrons. The SMILES string of the molecule is COc1ccc(C)cc1CN1CCCNC(C(C)(C)C)C1. The monoisotopic (exact) mass is 290 g/mol. The molecule has 0 saturated carbocycles. The molecule has 2 rings (SSSR count). The molecule has 118 valence electrons. The fourth-order valence-electron chi connectivity index (χ4n) is 2.99. The summed E-state index contributed by atoms with van der Waals surface area (Å²) in [4.78, 5) is 2.56. The Balaban J connectivity index is 2.12. The van der Waals surface area contributed by atoms with Gasteiger partial charge in [-0.25, -0.2) is 0 Å². The van der Waals surface area contributed by atoms with E-state index in [1.165, 1.54) is 17.5 Å². The summed E-state index contributed by atoms with van der Waals surface area (Å²) in [6, 6.07) is 6.99. The minimum absolute atomic E-state index is 0.291. The Morgan fingerprint density at radius 2 is 2.10 bits per heavy atom. The van der Waals surface area contributed by atoms with Gasteiger partial charge in [0.2, 0.25) is 0 Å². The van der Waals surface area contributed by atoms with Crippen molar-refractivity contribution in [1.29, 1.82) is 0 Å². The molecule has 0 spiro atoms.